The number of rotatable bonds is 3. The lowest BCUT2D eigenvalue weighted by atomic mass is 9.85. The summed E-state index contributed by atoms with van der Waals surface area (Å²) in [6, 6.07) is 6.34. The molecule has 1 saturated carbocycles. The van der Waals surface area contributed by atoms with Gasteiger partial charge in [-0.3, -0.25) is 4.79 Å². The van der Waals surface area contributed by atoms with Crippen LogP contribution in [0.15, 0.2) is 23.1 Å². The van der Waals surface area contributed by atoms with Crippen LogP contribution in [-0.4, -0.2) is 16.3 Å². The van der Waals surface area contributed by atoms with Crippen molar-refractivity contribution < 1.29 is 9.90 Å². The first-order valence-electron chi connectivity index (χ1n) is 5.54. The van der Waals surface area contributed by atoms with E-state index in [0.29, 0.717) is 0 Å². The number of aliphatic carboxylic acids is 1. The number of hydrogen-bond donors (Lipinski definition) is 1. The maximum absolute atomic E-state index is 10.9. The van der Waals surface area contributed by atoms with Crippen molar-refractivity contribution in [3.05, 3.63) is 29.3 Å². The molecule has 0 heterocycles. The van der Waals surface area contributed by atoms with E-state index in [4.69, 9.17) is 5.11 Å². The van der Waals surface area contributed by atoms with Gasteiger partial charge >= 0.3 is 5.97 Å². The predicted octanol–water partition coefficient (Wildman–Crippen LogP) is 3.26. The summed E-state index contributed by atoms with van der Waals surface area (Å²) in [7, 11) is 0. The van der Waals surface area contributed by atoms with Gasteiger partial charge in [-0.1, -0.05) is 17.7 Å². The highest BCUT2D eigenvalue weighted by Gasteiger charge is 2.37. The van der Waals surface area contributed by atoms with Gasteiger partial charge < -0.3 is 5.11 Å². The van der Waals surface area contributed by atoms with E-state index in [0.717, 1.165) is 12.8 Å². The second kappa shape index (κ2) is 4.50. The number of carbonyl (C=O) groups is 1. The largest absolute Gasteiger partial charge is 0.481 e. The molecule has 1 aliphatic carbocycles. The summed E-state index contributed by atoms with van der Waals surface area (Å²) in [6.07, 6.45) is 1.85. The average molecular weight is 236 g/mol. The van der Waals surface area contributed by atoms with Gasteiger partial charge in [-0.05, 0) is 38.3 Å². The van der Waals surface area contributed by atoms with Crippen molar-refractivity contribution in [1.29, 1.82) is 0 Å². The minimum Gasteiger partial charge on any atom is -0.481 e. The summed E-state index contributed by atoms with van der Waals surface area (Å²) in [5.74, 6) is -0.792. The van der Waals surface area contributed by atoms with Crippen LogP contribution in [-0.2, 0) is 4.79 Å². The van der Waals surface area contributed by atoms with Gasteiger partial charge in [-0.15, -0.1) is 11.8 Å². The molecule has 0 amide bonds. The normalized spacial score (nSPS) is 23.9. The Bertz CT molecular complexity index is 414. The molecule has 2 atom stereocenters. The summed E-state index contributed by atoms with van der Waals surface area (Å²) >= 11 is 1.72. The predicted molar refractivity (Wildman–Crippen MR) is 65.9 cm³/mol. The first-order chi connectivity index (χ1) is 7.58. The Morgan fingerprint density at radius 1 is 1.38 bits per heavy atom. The molecule has 0 saturated heterocycles. The molecule has 1 fully saturated rings. The Kier molecular flexibility index (Phi) is 3.24. The van der Waals surface area contributed by atoms with Crippen molar-refractivity contribution >= 4 is 17.7 Å². The van der Waals surface area contributed by atoms with Gasteiger partial charge in [0.05, 0.1) is 5.92 Å². The quantitative estimate of drug-likeness (QED) is 0.875. The van der Waals surface area contributed by atoms with E-state index >= 15 is 0 Å². The molecular formula is C13H16O2S. The van der Waals surface area contributed by atoms with E-state index in [1.165, 1.54) is 16.0 Å². The summed E-state index contributed by atoms with van der Waals surface area (Å²) in [5.41, 5.74) is 2.51. The monoisotopic (exact) mass is 236 g/mol. The number of benzene rings is 1. The van der Waals surface area contributed by atoms with Gasteiger partial charge in [-0.2, -0.15) is 0 Å². The van der Waals surface area contributed by atoms with Gasteiger partial charge in [0.15, 0.2) is 0 Å². The minimum atomic E-state index is -0.645. The van der Waals surface area contributed by atoms with Crippen molar-refractivity contribution in [1.82, 2.24) is 0 Å². The Morgan fingerprint density at radius 3 is 2.62 bits per heavy atom. The highest BCUT2D eigenvalue weighted by molar-refractivity contribution is 8.00. The zero-order valence-corrected chi connectivity index (χ0v) is 10.4. The first kappa shape index (κ1) is 11.5. The van der Waals surface area contributed by atoms with E-state index in [2.05, 4.69) is 32.0 Å². The zero-order chi connectivity index (χ0) is 11.7. The summed E-state index contributed by atoms with van der Waals surface area (Å²) in [6.45, 7) is 4.16. The molecule has 1 aromatic rings. The molecule has 0 radical (unpaired) electrons. The molecule has 1 aliphatic rings. The molecule has 2 rings (SSSR count). The van der Waals surface area contributed by atoms with Crippen LogP contribution < -0.4 is 0 Å². The summed E-state index contributed by atoms with van der Waals surface area (Å²) < 4.78 is 0. The second-order valence-electron chi connectivity index (χ2n) is 4.45. The Hall–Kier alpha value is -0.960. The van der Waals surface area contributed by atoms with Crippen LogP contribution in [0.3, 0.4) is 0 Å². The van der Waals surface area contributed by atoms with Crippen molar-refractivity contribution in [3.63, 3.8) is 0 Å². The fourth-order valence-electron chi connectivity index (χ4n) is 1.99. The van der Waals surface area contributed by atoms with Gasteiger partial charge in [0.2, 0.25) is 0 Å². The fourth-order valence-corrected chi connectivity index (χ4v) is 3.38. The molecule has 0 spiro atoms. The molecule has 0 aliphatic heterocycles. The maximum Gasteiger partial charge on any atom is 0.307 e. The topological polar surface area (TPSA) is 37.3 Å². The number of hydrogen-bond acceptors (Lipinski definition) is 2. The molecule has 86 valence electrons. The van der Waals surface area contributed by atoms with Crippen molar-refractivity contribution in [2.45, 2.75) is 36.8 Å². The Morgan fingerprint density at radius 2 is 2.12 bits per heavy atom. The third kappa shape index (κ3) is 2.24. The lowest BCUT2D eigenvalue weighted by Crippen LogP contribution is -2.35. The number of thioether (sulfide) groups is 1. The molecule has 0 bridgehead atoms. The van der Waals surface area contributed by atoms with Crippen LogP contribution in [0.25, 0.3) is 0 Å². The van der Waals surface area contributed by atoms with E-state index < -0.39 is 5.97 Å². The molecule has 1 aromatic carbocycles. The molecule has 2 unspecified atom stereocenters. The third-order valence-corrected chi connectivity index (χ3v) is 4.72. The van der Waals surface area contributed by atoms with Gasteiger partial charge in [0.25, 0.3) is 0 Å². The van der Waals surface area contributed by atoms with Crippen molar-refractivity contribution in [2.75, 3.05) is 0 Å². The average Bonchev–Trinajstić information content (AvgIpc) is 2.13. The van der Waals surface area contributed by atoms with Crippen LogP contribution in [0.2, 0.25) is 0 Å². The molecule has 2 nitrogen and oxygen atoms in total. The lowest BCUT2D eigenvalue weighted by Gasteiger charge is -2.33. The van der Waals surface area contributed by atoms with Gasteiger partial charge in [-0.25, -0.2) is 0 Å². The van der Waals surface area contributed by atoms with Crippen LogP contribution in [0, 0.1) is 19.8 Å². The van der Waals surface area contributed by atoms with Crippen LogP contribution in [0.5, 0.6) is 0 Å². The zero-order valence-electron chi connectivity index (χ0n) is 9.56. The van der Waals surface area contributed by atoms with Crippen molar-refractivity contribution in [3.8, 4) is 0 Å². The van der Waals surface area contributed by atoms with E-state index in [9.17, 15) is 4.79 Å². The molecule has 0 aromatic heterocycles. The fraction of sp³-hybridized carbons (Fsp3) is 0.462. The molecule has 1 N–H and O–H groups in total. The summed E-state index contributed by atoms with van der Waals surface area (Å²) in [5, 5.41) is 9.24. The van der Waals surface area contributed by atoms with E-state index in [1.807, 2.05) is 0 Å². The minimum absolute atomic E-state index is 0.147. The van der Waals surface area contributed by atoms with Gasteiger partial charge in [0.1, 0.15) is 0 Å². The first-order valence-corrected chi connectivity index (χ1v) is 6.42. The molecular weight excluding hydrogens is 220 g/mol. The van der Waals surface area contributed by atoms with Crippen LogP contribution >= 0.6 is 11.8 Å². The summed E-state index contributed by atoms with van der Waals surface area (Å²) in [4.78, 5) is 12.1. The van der Waals surface area contributed by atoms with E-state index in [1.54, 1.807) is 11.8 Å². The maximum atomic E-state index is 10.9. The number of carboxylic acid groups (broad SMARTS) is 1. The highest BCUT2D eigenvalue weighted by Crippen LogP contribution is 2.42. The smallest absolute Gasteiger partial charge is 0.307 e. The van der Waals surface area contributed by atoms with Crippen molar-refractivity contribution in [2.24, 2.45) is 5.92 Å². The Labute approximate surface area is 100 Å². The number of aryl methyl sites for hydroxylation is 2. The highest BCUT2D eigenvalue weighted by atomic mass is 32.2. The van der Waals surface area contributed by atoms with Gasteiger partial charge in [0, 0.05) is 10.1 Å². The standard InChI is InChI=1S/C13H16O2S/c1-8-3-5-11(9(2)7-8)16-12-6-4-10(12)13(14)15/h3,5,7,10,12H,4,6H2,1-2H3,(H,14,15). The third-order valence-electron chi connectivity index (χ3n) is 3.14. The molecule has 3 heteroatoms. The Balaban J connectivity index is 2.07. The molecule has 16 heavy (non-hydrogen) atoms. The second-order valence-corrected chi connectivity index (χ2v) is 5.73. The van der Waals surface area contributed by atoms with Crippen LogP contribution in [0.4, 0.5) is 0 Å². The number of carboxylic acids is 1. The van der Waals surface area contributed by atoms with Crippen LogP contribution in [0.1, 0.15) is 24.0 Å². The van der Waals surface area contributed by atoms with E-state index in [-0.39, 0.29) is 11.2 Å². The SMILES string of the molecule is Cc1ccc(SC2CCC2C(=O)O)c(C)c1. The lowest BCUT2D eigenvalue weighted by molar-refractivity contribution is -0.144.